The van der Waals surface area contributed by atoms with Crippen LogP contribution in [0.15, 0.2) is 143 Å². The van der Waals surface area contributed by atoms with Crippen LogP contribution in [0.3, 0.4) is 0 Å². The molecule has 0 saturated carbocycles. The Morgan fingerprint density at radius 2 is 0.826 bits per heavy atom. The molecule has 0 spiro atoms. The van der Waals surface area contributed by atoms with Crippen LogP contribution in [0.1, 0.15) is 84.3 Å². The van der Waals surface area contributed by atoms with E-state index in [9.17, 15) is 41.3 Å². The number of nitriles is 1. The Balaban J connectivity index is 0.000000172. The van der Waals surface area contributed by atoms with E-state index in [4.69, 9.17) is 26.6 Å². The minimum absolute atomic E-state index is 0.0268. The fourth-order valence-corrected chi connectivity index (χ4v) is 10.5. The molecule has 4 heterocycles. The molecule has 4 amide bonds. The van der Waals surface area contributed by atoms with Gasteiger partial charge in [0, 0.05) is 23.6 Å². The summed E-state index contributed by atoms with van der Waals surface area (Å²) in [5.74, 6) is -1.81. The Bertz CT molecular complexity index is 3750. The number of para-hydroxylation sites is 2. The number of sulfone groups is 2. The standard InChI is InChI=1S/C26H18N4O4S.C25H18ClN3O4S/c1-15(30-25(31)17-9-3-4-10-18(17)26(30)32)22-24(19-11-5-6-13-21(19)35(2,33)34)29-23-16(14-27)8-7-12-20(23)28-22;1-14(29-24(30)15-8-3-4-9-16(15)25(29)31)21-22(17-10-5-6-13-20(17)34(2,32)33)28-23-18(26)11-7-12-19(23)27-21/h3-13,15H,1-2H3;3-14H,1-2H3/t15-;14-/m00/s1. The second kappa shape index (κ2) is 17.6. The Hall–Kier alpha value is -8.04. The summed E-state index contributed by atoms with van der Waals surface area (Å²) >= 11 is 6.37. The number of nitrogens with zero attached hydrogens (tertiary/aromatic N) is 7. The summed E-state index contributed by atoms with van der Waals surface area (Å²) in [7, 11) is -7.28. The summed E-state index contributed by atoms with van der Waals surface area (Å²) in [5, 5.41) is 9.94. The maximum atomic E-state index is 13.2. The SMILES string of the molecule is C[C@@H](c1nc2cccc(C#N)c2nc1-c1ccccc1S(C)(=O)=O)N1C(=O)c2ccccc2C1=O.C[C@@H](c1nc2cccc(Cl)c2nc1-c1ccccc1S(C)(=O)=O)N1C(=O)c2ccccc2C1=O. The van der Waals surface area contributed by atoms with Crippen molar-refractivity contribution in [2.45, 2.75) is 35.7 Å². The Morgan fingerprint density at radius 3 is 1.22 bits per heavy atom. The van der Waals surface area contributed by atoms with Gasteiger partial charge in [0.2, 0.25) is 0 Å². The van der Waals surface area contributed by atoms with Crippen molar-refractivity contribution in [3.8, 4) is 28.6 Å². The summed E-state index contributed by atoms with van der Waals surface area (Å²) < 4.78 is 50.3. The van der Waals surface area contributed by atoms with Gasteiger partial charge in [-0.3, -0.25) is 29.0 Å². The first-order chi connectivity index (χ1) is 32.9. The molecule has 18 heteroatoms. The summed E-state index contributed by atoms with van der Waals surface area (Å²) in [6, 6.07) is 36.3. The number of carbonyl (C=O) groups is 4. The second-order valence-electron chi connectivity index (χ2n) is 16.2. The number of halogens is 1. The monoisotopic (exact) mass is 973 g/mol. The highest BCUT2D eigenvalue weighted by Gasteiger charge is 2.42. The van der Waals surface area contributed by atoms with Gasteiger partial charge in [0.05, 0.1) is 88.5 Å². The molecule has 2 aromatic heterocycles. The lowest BCUT2D eigenvalue weighted by Crippen LogP contribution is -2.33. The number of amides is 4. The fraction of sp³-hybridized carbons (Fsp3) is 0.118. The van der Waals surface area contributed by atoms with Crippen LogP contribution in [-0.4, -0.2) is 82.7 Å². The van der Waals surface area contributed by atoms with Crippen LogP contribution in [-0.2, 0) is 19.7 Å². The van der Waals surface area contributed by atoms with E-state index in [1.807, 2.05) is 0 Å². The Labute approximate surface area is 400 Å². The van der Waals surface area contributed by atoms with E-state index >= 15 is 0 Å². The second-order valence-corrected chi connectivity index (χ2v) is 20.6. The number of fused-ring (bicyclic) bond motifs is 4. The number of rotatable bonds is 8. The first kappa shape index (κ1) is 46.1. The van der Waals surface area contributed by atoms with Gasteiger partial charge in [-0.25, -0.2) is 36.8 Å². The maximum Gasteiger partial charge on any atom is 0.262 e. The highest BCUT2D eigenvalue weighted by atomic mass is 35.5. The summed E-state index contributed by atoms with van der Waals surface area (Å²) in [6.45, 7) is 3.33. The first-order valence-electron chi connectivity index (χ1n) is 21.1. The highest BCUT2D eigenvalue weighted by molar-refractivity contribution is 7.91. The van der Waals surface area contributed by atoms with Crippen molar-refractivity contribution in [3.63, 3.8) is 0 Å². The van der Waals surface area contributed by atoms with Crippen molar-refractivity contribution in [1.29, 1.82) is 5.26 Å². The lowest BCUT2D eigenvalue weighted by molar-refractivity contribution is 0.0577. The zero-order chi connectivity index (χ0) is 49.1. The Kier molecular flexibility index (Phi) is 11.7. The summed E-state index contributed by atoms with van der Waals surface area (Å²) in [6.07, 6.45) is 2.20. The van der Waals surface area contributed by atoms with Crippen molar-refractivity contribution < 1.29 is 36.0 Å². The molecule has 8 aromatic rings. The third kappa shape index (κ3) is 8.07. The molecular weight excluding hydrogens is 938 g/mol. The molecule has 0 unspecified atom stereocenters. The average molecular weight is 974 g/mol. The van der Waals surface area contributed by atoms with Crippen molar-refractivity contribution in [1.82, 2.24) is 29.7 Å². The number of hydrogen-bond donors (Lipinski definition) is 0. The van der Waals surface area contributed by atoms with Crippen LogP contribution in [0.5, 0.6) is 0 Å². The lowest BCUT2D eigenvalue weighted by atomic mass is 10.0. The number of benzene rings is 6. The van der Waals surface area contributed by atoms with Crippen LogP contribution in [0.4, 0.5) is 0 Å². The topological polar surface area (TPSA) is 218 Å². The molecule has 0 N–H and O–H groups in total. The quantitative estimate of drug-likeness (QED) is 0.130. The van der Waals surface area contributed by atoms with Crippen LogP contribution in [0, 0.1) is 11.3 Å². The number of imide groups is 2. The molecule has 0 saturated heterocycles. The van der Waals surface area contributed by atoms with E-state index in [0.717, 1.165) is 22.3 Å². The zero-order valence-electron chi connectivity index (χ0n) is 36.9. The van der Waals surface area contributed by atoms with E-state index in [0.29, 0.717) is 60.6 Å². The molecule has 0 fully saturated rings. The molecule has 2 atom stereocenters. The minimum Gasteiger partial charge on any atom is -0.269 e. The zero-order valence-corrected chi connectivity index (χ0v) is 39.3. The normalized spacial score (nSPS) is 14.3. The third-order valence-corrected chi connectivity index (χ3v) is 14.4. The molecule has 69 heavy (non-hydrogen) atoms. The van der Waals surface area contributed by atoms with Gasteiger partial charge in [0.15, 0.2) is 19.7 Å². The maximum absolute atomic E-state index is 13.2. The van der Waals surface area contributed by atoms with Gasteiger partial charge in [-0.15, -0.1) is 0 Å². The minimum atomic E-state index is -3.66. The van der Waals surface area contributed by atoms with Gasteiger partial charge >= 0.3 is 0 Å². The van der Waals surface area contributed by atoms with Crippen LogP contribution in [0.25, 0.3) is 44.6 Å². The van der Waals surface area contributed by atoms with Gasteiger partial charge in [-0.1, -0.05) is 84.4 Å². The molecule has 342 valence electrons. The van der Waals surface area contributed by atoms with Gasteiger partial charge in [-0.05, 0) is 74.5 Å². The predicted molar refractivity (Wildman–Crippen MR) is 257 cm³/mol. The third-order valence-electron chi connectivity index (χ3n) is 11.8. The fourth-order valence-electron chi connectivity index (χ4n) is 8.55. The van der Waals surface area contributed by atoms with E-state index in [1.54, 1.807) is 135 Å². The van der Waals surface area contributed by atoms with Gasteiger partial charge in [0.25, 0.3) is 23.6 Å². The molecule has 0 bridgehead atoms. The molecule has 2 aliphatic heterocycles. The van der Waals surface area contributed by atoms with Gasteiger partial charge in [0.1, 0.15) is 17.1 Å². The van der Waals surface area contributed by atoms with Crippen molar-refractivity contribution in [3.05, 3.63) is 178 Å². The molecule has 6 aromatic carbocycles. The smallest absolute Gasteiger partial charge is 0.262 e. The lowest BCUT2D eigenvalue weighted by Gasteiger charge is -2.24. The van der Waals surface area contributed by atoms with Gasteiger partial charge in [-0.2, -0.15) is 5.26 Å². The van der Waals surface area contributed by atoms with Crippen molar-refractivity contribution >= 4 is 77.0 Å². The van der Waals surface area contributed by atoms with Crippen LogP contribution < -0.4 is 0 Å². The van der Waals surface area contributed by atoms with E-state index < -0.39 is 55.4 Å². The summed E-state index contributed by atoms with van der Waals surface area (Å²) in [4.78, 5) is 73.8. The van der Waals surface area contributed by atoms with Crippen LogP contribution in [0.2, 0.25) is 5.02 Å². The van der Waals surface area contributed by atoms with Gasteiger partial charge < -0.3 is 0 Å². The largest absolute Gasteiger partial charge is 0.269 e. The van der Waals surface area contributed by atoms with E-state index in [2.05, 4.69) is 11.1 Å². The van der Waals surface area contributed by atoms with Crippen LogP contribution >= 0.6 is 11.6 Å². The van der Waals surface area contributed by atoms with Crippen molar-refractivity contribution in [2.24, 2.45) is 0 Å². The molecular formula is C51H36ClN7O8S2. The molecule has 0 radical (unpaired) electrons. The highest BCUT2D eigenvalue weighted by Crippen LogP contribution is 2.40. The first-order valence-corrected chi connectivity index (χ1v) is 25.3. The molecule has 0 aliphatic carbocycles. The number of aromatic nitrogens is 4. The average Bonchev–Trinajstić information content (AvgIpc) is 3.75. The summed E-state index contributed by atoms with van der Waals surface area (Å²) in [5.41, 5.74) is 4.59. The molecule has 15 nitrogen and oxygen atoms in total. The van der Waals surface area contributed by atoms with E-state index in [1.165, 1.54) is 12.1 Å². The number of carbonyl (C=O) groups excluding carboxylic acids is 4. The molecule has 2 aliphatic rings. The predicted octanol–water partition coefficient (Wildman–Crippen LogP) is 8.64. The van der Waals surface area contributed by atoms with E-state index in [-0.39, 0.29) is 38.0 Å². The number of hydrogen-bond acceptors (Lipinski definition) is 13. The molecule has 10 rings (SSSR count). The van der Waals surface area contributed by atoms with Crippen molar-refractivity contribution in [2.75, 3.05) is 12.5 Å². The Morgan fingerprint density at radius 1 is 0.478 bits per heavy atom.